The van der Waals surface area contributed by atoms with Crippen LogP contribution < -0.4 is 5.73 Å². The van der Waals surface area contributed by atoms with Gasteiger partial charge < -0.3 is 10.6 Å². The number of nitrogens with zero attached hydrogens (tertiary/aromatic N) is 1. The molecule has 0 bridgehead atoms. The molecule has 2 N–H and O–H groups in total. The maximum Gasteiger partial charge on any atom is 0.227 e. The molecule has 0 spiro atoms. The maximum atomic E-state index is 12.3. The fourth-order valence-electron chi connectivity index (χ4n) is 2.51. The van der Waals surface area contributed by atoms with E-state index in [1.54, 1.807) is 0 Å². The molecule has 0 aromatic rings. The highest BCUT2D eigenvalue weighted by molar-refractivity contribution is 5.79. The monoisotopic (exact) mass is 240 g/mol. The molecule has 1 saturated heterocycles. The molecule has 17 heavy (non-hydrogen) atoms. The zero-order valence-electron chi connectivity index (χ0n) is 11.8. The Kier molecular flexibility index (Phi) is 4.99. The first-order chi connectivity index (χ1) is 7.93. The summed E-state index contributed by atoms with van der Waals surface area (Å²) in [5.41, 5.74) is 6.15. The van der Waals surface area contributed by atoms with Gasteiger partial charge in [0.15, 0.2) is 0 Å². The molecule has 100 valence electrons. The van der Waals surface area contributed by atoms with Crippen molar-refractivity contribution in [3.63, 3.8) is 0 Å². The third-order valence-corrected chi connectivity index (χ3v) is 4.51. The minimum absolute atomic E-state index is 0.000910. The van der Waals surface area contributed by atoms with Crippen LogP contribution >= 0.6 is 0 Å². The molecule has 1 atom stereocenters. The number of hydrogen-bond donors (Lipinski definition) is 1. The smallest absolute Gasteiger partial charge is 0.227 e. The van der Waals surface area contributed by atoms with Crippen molar-refractivity contribution >= 4 is 5.91 Å². The number of piperidine rings is 1. The molecule has 1 amide bonds. The van der Waals surface area contributed by atoms with E-state index in [0.717, 1.165) is 25.9 Å². The van der Waals surface area contributed by atoms with Crippen molar-refractivity contribution in [1.29, 1.82) is 0 Å². The Balaban J connectivity index is 2.56. The Labute approximate surface area is 106 Å². The minimum Gasteiger partial charge on any atom is -0.342 e. The van der Waals surface area contributed by atoms with Crippen LogP contribution in [-0.2, 0) is 4.79 Å². The first-order valence-electron chi connectivity index (χ1n) is 6.92. The average Bonchev–Trinajstić information content (AvgIpc) is 2.30. The van der Waals surface area contributed by atoms with Crippen molar-refractivity contribution in [2.24, 2.45) is 23.0 Å². The zero-order valence-corrected chi connectivity index (χ0v) is 11.8. The number of carbonyl (C=O) groups excluding carboxylic acids is 1. The van der Waals surface area contributed by atoms with E-state index in [9.17, 15) is 4.79 Å². The molecule has 0 radical (unpaired) electrons. The molecule has 1 heterocycles. The maximum absolute atomic E-state index is 12.3. The molecule has 1 rings (SSSR count). The van der Waals surface area contributed by atoms with Crippen LogP contribution in [0.2, 0.25) is 0 Å². The van der Waals surface area contributed by atoms with Crippen molar-refractivity contribution in [3.8, 4) is 0 Å². The fraction of sp³-hybridized carbons (Fsp3) is 0.929. The SMILES string of the molecule is CCC1(C)CCN(C(=O)C(CN)C(C)C)CC1. The quantitative estimate of drug-likeness (QED) is 0.819. The molecule has 1 unspecified atom stereocenters. The van der Waals surface area contributed by atoms with Gasteiger partial charge in [0, 0.05) is 19.6 Å². The van der Waals surface area contributed by atoms with Gasteiger partial charge in [0.25, 0.3) is 0 Å². The van der Waals surface area contributed by atoms with Crippen molar-refractivity contribution in [2.45, 2.75) is 47.0 Å². The van der Waals surface area contributed by atoms with Crippen molar-refractivity contribution in [3.05, 3.63) is 0 Å². The van der Waals surface area contributed by atoms with Gasteiger partial charge in [-0.15, -0.1) is 0 Å². The molecule has 0 saturated carbocycles. The molecule has 3 heteroatoms. The lowest BCUT2D eigenvalue weighted by Gasteiger charge is -2.40. The second kappa shape index (κ2) is 5.85. The predicted octanol–water partition coefficient (Wildman–Crippen LogP) is 2.26. The largest absolute Gasteiger partial charge is 0.342 e. The van der Waals surface area contributed by atoms with Crippen LogP contribution in [0.25, 0.3) is 0 Å². The van der Waals surface area contributed by atoms with E-state index in [0.29, 0.717) is 17.9 Å². The van der Waals surface area contributed by atoms with Crippen molar-refractivity contribution in [1.82, 2.24) is 4.90 Å². The second-order valence-corrected chi connectivity index (χ2v) is 6.08. The molecular weight excluding hydrogens is 212 g/mol. The van der Waals surface area contributed by atoms with Crippen molar-refractivity contribution < 1.29 is 4.79 Å². The summed E-state index contributed by atoms with van der Waals surface area (Å²) in [6.07, 6.45) is 3.47. The first-order valence-corrected chi connectivity index (χ1v) is 6.92. The molecule has 1 aliphatic heterocycles. The van der Waals surface area contributed by atoms with Crippen molar-refractivity contribution in [2.75, 3.05) is 19.6 Å². The Morgan fingerprint density at radius 1 is 1.35 bits per heavy atom. The Morgan fingerprint density at radius 3 is 2.24 bits per heavy atom. The van der Waals surface area contributed by atoms with Gasteiger partial charge >= 0.3 is 0 Å². The standard InChI is InChI=1S/C14H28N2O/c1-5-14(4)6-8-16(9-7-14)13(17)12(10-15)11(2)3/h11-12H,5-10,15H2,1-4H3. The normalized spacial score (nSPS) is 21.6. The van der Waals surface area contributed by atoms with Crippen LogP contribution in [0.15, 0.2) is 0 Å². The average molecular weight is 240 g/mol. The lowest BCUT2D eigenvalue weighted by atomic mass is 9.78. The van der Waals surface area contributed by atoms with Gasteiger partial charge in [0.05, 0.1) is 5.92 Å². The van der Waals surface area contributed by atoms with Gasteiger partial charge in [-0.1, -0.05) is 34.1 Å². The Morgan fingerprint density at radius 2 is 1.88 bits per heavy atom. The van der Waals surface area contributed by atoms with Gasteiger partial charge in [-0.25, -0.2) is 0 Å². The summed E-state index contributed by atoms with van der Waals surface area (Å²) < 4.78 is 0. The third kappa shape index (κ3) is 3.44. The Hall–Kier alpha value is -0.570. The summed E-state index contributed by atoms with van der Waals surface area (Å²) in [6, 6.07) is 0. The molecule has 1 fully saturated rings. The summed E-state index contributed by atoms with van der Waals surface area (Å²) in [6.45, 7) is 11.0. The lowest BCUT2D eigenvalue weighted by molar-refractivity contribution is -0.138. The predicted molar refractivity (Wildman–Crippen MR) is 71.6 cm³/mol. The molecule has 0 aromatic carbocycles. The highest BCUT2D eigenvalue weighted by atomic mass is 16.2. The lowest BCUT2D eigenvalue weighted by Crippen LogP contribution is -2.47. The second-order valence-electron chi connectivity index (χ2n) is 6.08. The number of likely N-dealkylation sites (tertiary alicyclic amines) is 1. The van der Waals surface area contributed by atoms with E-state index in [-0.39, 0.29) is 11.8 Å². The van der Waals surface area contributed by atoms with E-state index in [4.69, 9.17) is 5.73 Å². The fourth-order valence-corrected chi connectivity index (χ4v) is 2.51. The third-order valence-electron chi connectivity index (χ3n) is 4.51. The van der Waals surface area contributed by atoms with E-state index in [1.807, 2.05) is 4.90 Å². The number of nitrogens with two attached hydrogens (primary N) is 1. The summed E-state index contributed by atoms with van der Waals surface area (Å²) >= 11 is 0. The van der Waals surface area contributed by atoms with Crippen LogP contribution in [0.3, 0.4) is 0 Å². The molecule has 1 aliphatic rings. The van der Waals surface area contributed by atoms with Gasteiger partial charge in [-0.3, -0.25) is 4.79 Å². The zero-order chi connectivity index (χ0) is 13.1. The number of hydrogen-bond acceptors (Lipinski definition) is 2. The van der Waals surface area contributed by atoms with Crippen LogP contribution in [0, 0.1) is 17.3 Å². The molecular formula is C14H28N2O. The highest BCUT2D eigenvalue weighted by Crippen LogP contribution is 2.34. The topological polar surface area (TPSA) is 46.3 Å². The van der Waals surface area contributed by atoms with Crippen LogP contribution in [0.5, 0.6) is 0 Å². The summed E-state index contributed by atoms with van der Waals surface area (Å²) in [7, 11) is 0. The van der Waals surface area contributed by atoms with Crippen LogP contribution in [0.4, 0.5) is 0 Å². The summed E-state index contributed by atoms with van der Waals surface area (Å²) in [5.74, 6) is 0.605. The minimum atomic E-state index is 0.000910. The molecule has 0 aromatic heterocycles. The van der Waals surface area contributed by atoms with Gasteiger partial charge in [-0.05, 0) is 24.2 Å². The van der Waals surface area contributed by atoms with Gasteiger partial charge in [0.1, 0.15) is 0 Å². The Bertz CT molecular complexity index is 255. The van der Waals surface area contributed by atoms with Gasteiger partial charge in [0.2, 0.25) is 5.91 Å². The summed E-state index contributed by atoms with van der Waals surface area (Å²) in [5, 5.41) is 0. The molecule has 3 nitrogen and oxygen atoms in total. The highest BCUT2D eigenvalue weighted by Gasteiger charge is 2.33. The van der Waals surface area contributed by atoms with E-state index in [1.165, 1.54) is 6.42 Å². The van der Waals surface area contributed by atoms with Gasteiger partial charge in [-0.2, -0.15) is 0 Å². The summed E-state index contributed by atoms with van der Waals surface area (Å²) in [4.78, 5) is 14.3. The van der Waals surface area contributed by atoms with Crippen LogP contribution in [-0.4, -0.2) is 30.4 Å². The number of amides is 1. The first kappa shape index (κ1) is 14.5. The van der Waals surface area contributed by atoms with E-state index < -0.39 is 0 Å². The van der Waals surface area contributed by atoms with E-state index in [2.05, 4.69) is 27.7 Å². The van der Waals surface area contributed by atoms with E-state index >= 15 is 0 Å². The number of rotatable bonds is 4. The number of carbonyl (C=O) groups is 1. The molecule has 0 aliphatic carbocycles. The van der Waals surface area contributed by atoms with Crippen LogP contribution in [0.1, 0.15) is 47.0 Å².